The van der Waals surface area contributed by atoms with Crippen molar-refractivity contribution >= 4 is 17.5 Å². The lowest BCUT2D eigenvalue weighted by molar-refractivity contribution is 0.0931. The normalized spacial score (nSPS) is 11.7. The summed E-state index contributed by atoms with van der Waals surface area (Å²) in [5, 5.41) is 16.7. The Hall–Kier alpha value is -3.11. The predicted molar refractivity (Wildman–Crippen MR) is 92.9 cm³/mol. The number of carbonyl (C=O) groups excluding carboxylic acids is 1. The van der Waals surface area contributed by atoms with Crippen molar-refractivity contribution in [3.05, 3.63) is 59.3 Å². The fourth-order valence-electron chi connectivity index (χ4n) is 2.39. The molecule has 126 valence electrons. The minimum Gasteiger partial charge on any atom is -0.346 e. The topological polar surface area (TPSA) is 99.4 Å². The maximum absolute atomic E-state index is 12.0. The van der Waals surface area contributed by atoms with E-state index in [1.165, 1.54) is 12.5 Å². The summed E-state index contributed by atoms with van der Waals surface area (Å²) < 4.78 is 1.75. The Morgan fingerprint density at radius 1 is 1.48 bits per heavy atom. The van der Waals surface area contributed by atoms with Gasteiger partial charge in [-0.3, -0.25) is 9.48 Å². The smallest absolute Gasteiger partial charge is 0.269 e. The molecule has 0 aliphatic rings. The number of benzene rings is 1. The molecule has 1 atom stereocenters. The highest BCUT2D eigenvalue weighted by atomic mass is 35.5. The Morgan fingerprint density at radius 3 is 3.00 bits per heavy atom. The van der Waals surface area contributed by atoms with E-state index in [-0.39, 0.29) is 11.9 Å². The number of hydrogen-bond acceptors (Lipinski definition) is 4. The highest BCUT2D eigenvalue weighted by molar-refractivity contribution is 6.32. The summed E-state index contributed by atoms with van der Waals surface area (Å²) in [6.07, 6.45) is 4.77. The summed E-state index contributed by atoms with van der Waals surface area (Å²) in [7, 11) is 0. The van der Waals surface area contributed by atoms with Crippen molar-refractivity contribution in [3.63, 3.8) is 0 Å². The highest BCUT2D eigenvalue weighted by Crippen LogP contribution is 2.24. The van der Waals surface area contributed by atoms with Gasteiger partial charge in [0.05, 0.1) is 35.3 Å². The second-order valence-corrected chi connectivity index (χ2v) is 5.98. The second-order valence-electron chi connectivity index (χ2n) is 5.57. The van der Waals surface area contributed by atoms with Crippen LogP contribution >= 0.6 is 11.6 Å². The molecular weight excluding hydrogens is 340 g/mol. The zero-order chi connectivity index (χ0) is 17.8. The third-order valence-electron chi connectivity index (χ3n) is 3.61. The first-order valence-corrected chi connectivity index (χ1v) is 7.97. The van der Waals surface area contributed by atoms with Crippen molar-refractivity contribution in [1.29, 1.82) is 5.26 Å². The Bertz CT molecular complexity index is 925. The van der Waals surface area contributed by atoms with Gasteiger partial charge in [0.2, 0.25) is 0 Å². The van der Waals surface area contributed by atoms with E-state index in [1.807, 2.05) is 25.3 Å². The van der Waals surface area contributed by atoms with Crippen LogP contribution in [0.4, 0.5) is 0 Å². The number of H-pyrrole nitrogens is 1. The molecule has 0 radical (unpaired) electrons. The van der Waals surface area contributed by atoms with Gasteiger partial charge in [-0.15, -0.1) is 0 Å². The van der Waals surface area contributed by atoms with Crippen molar-refractivity contribution in [2.45, 2.75) is 19.5 Å². The van der Waals surface area contributed by atoms with Gasteiger partial charge in [-0.1, -0.05) is 17.7 Å². The number of carbonyl (C=O) groups is 1. The Morgan fingerprint density at radius 2 is 2.32 bits per heavy atom. The van der Waals surface area contributed by atoms with Gasteiger partial charge in [0.1, 0.15) is 11.8 Å². The predicted octanol–water partition coefficient (Wildman–Crippen LogP) is 2.62. The van der Waals surface area contributed by atoms with Gasteiger partial charge in [-0.25, -0.2) is 4.98 Å². The fraction of sp³-hybridized carbons (Fsp3) is 0.176. The molecule has 0 spiro atoms. The first kappa shape index (κ1) is 16.7. The van der Waals surface area contributed by atoms with Gasteiger partial charge in [0, 0.05) is 17.8 Å². The molecule has 1 aromatic carbocycles. The van der Waals surface area contributed by atoms with Gasteiger partial charge in [0.15, 0.2) is 0 Å². The first-order chi connectivity index (χ1) is 12.1. The van der Waals surface area contributed by atoms with E-state index in [4.69, 9.17) is 16.9 Å². The SMILES string of the molecule is CC(Cn1ccc(-c2ccc(C#N)c(Cl)c2)n1)NC(=O)c1cnc[nH]1. The molecule has 1 unspecified atom stereocenters. The number of nitriles is 1. The van der Waals surface area contributed by atoms with E-state index >= 15 is 0 Å². The number of hydrogen-bond donors (Lipinski definition) is 2. The van der Waals surface area contributed by atoms with E-state index in [2.05, 4.69) is 20.4 Å². The summed E-state index contributed by atoms with van der Waals surface area (Å²) in [5.41, 5.74) is 2.43. The molecule has 2 heterocycles. The van der Waals surface area contributed by atoms with Gasteiger partial charge in [0.25, 0.3) is 5.91 Å². The van der Waals surface area contributed by atoms with Gasteiger partial charge >= 0.3 is 0 Å². The summed E-state index contributed by atoms with van der Waals surface area (Å²) in [6.45, 7) is 2.41. The van der Waals surface area contributed by atoms with Crippen molar-refractivity contribution < 1.29 is 4.79 Å². The molecule has 8 heteroatoms. The number of nitrogens with one attached hydrogen (secondary N) is 2. The molecule has 25 heavy (non-hydrogen) atoms. The molecule has 0 saturated heterocycles. The molecule has 2 N–H and O–H groups in total. The molecule has 7 nitrogen and oxygen atoms in total. The molecule has 3 aromatic rings. The van der Waals surface area contributed by atoms with E-state index < -0.39 is 0 Å². The van der Waals surface area contributed by atoms with E-state index in [0.717, 1.165) is 11.3 Å². The van der Waals surface area contributed by atoms with Crippen LogP contribution in [0.3, 0.4) is 0 Å². The molecule has 3 rings (SSSR count). The lowest BCUT2D eigenvalue weighted by Gasteiger charge is -2.13. The average Bonchev–Trinajstić information content (AvgIpc) is 3.26. The summed E-state index contributed by atoms with van der Waals surface area (Å²) in [4.78, 5) is 18.6. The zero-order valence-electron chi connectivity index (χ0n) is 13.4. The van der Waals surface area contributed by atoms with Crippen LogP contribution in [0.25, 0.3) is 11.3 Å². The van der Waals surface area contributed by atoms with E-state index in [0.29, 0.717) is 22.8 Å². The van der Waals surface area contributed by atoms with Crippen LogP contribution in [0, 0.1) is 11.3 Å². The first-order valence-electron chi connectivity index (χ1n) is 7.59. The number of nitrogens with zero attached hydrogens (tertiary/aromatic N) is 4. The molecule has 0 saturated carbocycles. The molecule has 0 fully saturated rings. The molecule has 1 amide bonds. The number of aromatic nitrogens is 4. The maximum Gasteiger partial charge on any atom is 0.269 e. The monoisotopic (exact) mass is 354 g/mol. The van der Waals surface area contributed by atoms with Crippen LogP contribution < -0.4 is 5.32 Å². The lowest BCUT2D eigenvalue weighted by Crippen LogP contribution is -2.36. The van der Waals surface area contributed by atoms with Crippen molar-refractivity contribution in [3.8, 4) is 17.3 Å². The highest BCUT2D eigenvalue weighted by Gasteiger charge is 2.12. The van der Waals surface area contributed by atoms with Crippen LogP contribution in [-0.2, 0) is 6.54 Å². The number of aromatic amines is 1. The van der Waals surface area contributed by atoms with Crippen molar-refractivity contribution in [1.82, 2.24) is 25.1 Å². The minimum absolute atomic E-state index is 0.117. The molecular formula is C17H15ClN6O. The average molecular weight is 355 g/mol. The lowest BCUT2D eigenvalue weighted by atomic mass is 10.1. The second kappa shape index (κ2) is 7.20. The van der Waals surface area contributed by atoms with E-state index in [1.54, 1.807) is 22.9 Å². The largest absolute Gasteiger partial charge is 0.346 e. The minimum atomic E-state index is -0.212. The summed E-state index contributed by atoms with van der Waals surface area (Å²) in [6, 6.07) is 8.97. The van der Waals surface area contributed by atoms with Crippen LogP contribution in [0.2, 0.25) is 5.02 Å². The van der Waals surface area contributed by atoms with Gasteiger partial charge in [-0.2, -0.15) is 10.4 Å². The maximum atomic E-state index is 12.0. The Labute approximate surface area is 149 Å². The molecule has 0 aliphatic heterocycles. The summed E-state index contributed by atoms with van der Waals surface area (Å²) in [5.74, 6) is -0.212. The van der Waals surface area contributed by atoms with E-state index in [9.17, 15) is 4.79 Å². The van der Waals surface area contributed by atoms with Gasteiger partial charge in [-0.05, 0) is 25.1 Å². The summed E-state index contributed by atoms with van der Waals surface area (Å²) >= 11 is 6.06. The quantitative estimate of drug-likeness (QED) is 0.735. The third-order valence-corrected chi connectivity index (χ3v) is 3.92. The number of amides is 1. The van der Waals surface area contributed by atoms with Gasteiger partial charge < -0.3 is 10.3 Å². The molecule has 0 bridgehead atoms. The Kier molecular flexibility index (Phi) is 4.82. The van der Waals surface area contributed by atoms with Crippen LogP contribution in [-0.4, -0.2) is 31.7 Å². The van der Waals surface area contributed by atoms with Crippen LogP contribution in [0.5, 0.6) is 0 Å². The van der Waals surface area contributed by atoms with Crippen LogP contribution in [0.15, 0.2) is 43.0 Å². The van der Waals surface area contributed by atoms with Crippen molar-refractivity contribution in [2.24, 2.45) is 0 Å². The Balaban J connectivity index is 1.66. The number of rotatable bonds is 5. The number of halogens is 1. The zero-order valence-corrected chi connectivity index (χ0v) is 14.2. The standard InChI is InChI=1S/C17H15ClN6O/c1-11(22-17(25)16-8-20-10-21-16)9-24-5-4-15(23-24)12-2-3-13(7-19)14(18)6-12/h2-6,8,10-11H,9H2,1H3,(H,20,21)(H,22,25). The van der Waals surface area contributed by atoms with Crippen molar-refractivity contribution in [2.75, 3.05) is 0 Å². The third kappa shape index (κ3) is 3.87. The fourth-order valence-corrected chi connectivity index (χ4v) is 2.61. The van der Waals surface area contributed by atoms with Crippen LogP contribution in [0.1, 0.15) is 23.0 Å². The number of imidazole rings is 1. The molecule has 0 aliphatic carbocycles. The molecule has 2 aromatic heterocycles.